The summed E-state index contributed by atoms with van der Waals surface area (Å²) < 4.78 is 10.1. The normalized spacial score (nSPS) is 10.6. The molecule has 2 aromatic rings. The summed E-state index contributed by atoms with van der Waals surface area (Å²) in [7, 11) is 1.65. The minimum Gasteiger partial charge on any atom is -0.384 e. The molecule has 0 aliphatic carbocycles. The Morgan fingerprint density at radius 2 is 2.06 bits per heavy atom. The average molecular weight is 247 g/mol. The van der Waals surface area contributed by atoms with E-state index in [0.717, 1.165) is 5.69 Å². The molecule has 2 rings (SSSR count). The van der Waals surface area contributed by atoms with E-state index in [2.05, 4.69) is 34.5 Å². The molecule has 1 heterocycles. The number of hydrogen-bond acceptors (Lipinski definition) is 5. The molecule has 0 spiro atoms. The minimum absolute atomic E-state index is 0.531. The molecule has 18 heavy (non-hydrogen) atoms. The highest BCUT2D eigenvalue weighted by atomic mass is 16.5. The van der Waals surface area contributed by atoms with Gasteiger partial charge in [0.2, 0.25) is 5.89 Å². The number of aryl methyl sites for hydroxylation is 1. The molecule has 5 heteroatoms. The van der Waals surface area contributed by atoms with Crippen LogP contribution in [-0.2, 0) is 17.7 Å². The molecule has 0 atom stereocenters. The molecule has 1 aromatic carbocycles. The van der Waals surface area contributed by atoms with E-state index in [1.54, 1.807) is 7.11 Å². The molecule has 0 saturated heterocycles. The number of methoxy groups -OCH3 is 1. The molecule has 0 radical (unpaired) electrons. The number of ether oxygens (including phenoxy) is 1. The van der Waals surface area contributed by atoms with E-state index in [4.69, 9.17) is 9.26 Å². The number of rotatable bonds is 6. The van der Waals surface area contributed by atoms with Gasteiger partial charge in [-0.3, -0.25) is 0 Å². The Labute approximate surface area is 106 Å². The summed E-state index contributed by atoms with van der Waals surface area (Å²) in [6.45, 7) is 3.19. The van der Waals surface area contributed by atoms with Crippen LogP contribution in [0, 0.1) is 6.92 Å². The highest BCUT2D eigenvalue weighted by Crippen LogP contribution is 2.10. The lowest BCUT2D eigenvalue weighted by atomic mass is 10.2. The Balaban J connectivity index is 1.86. The van der Waals surface area contributed by atoms with Crippen molar-refractivity contribution in [2.24, 2.45) is 0 Å². The lowest BCUT2D eigenvalue weighted by Gasteiger charge is -2.02. The van der Waals surface area contributed by atoms with Gasteiger partial charge in [-0.25, -0.2) is 0 Å². The van der Waals surface area contributed by atoms with Crippen LogP contribution in [0.2, 0.25) is 0 Å². The molecule has 0 saturated carbocycles. The van der Waals surface area contributed by atoms with Crippen molar-refractivity contribution in [3.05, 3.63) is 41.5 Å². The fourth-order valence-corrected chi connectivity index (χ4v) is 1.51. The predicted molar refractivity (Wildman–Crippen MR) is 68.4 cm³/mol. The third kappa shape index (κ3) is 3.56. The first-order chi connectivity index (χ1) is 8.78. The molecule has 0 aliphatic heterocycles. The fraction of sp³-hybridized carbons (Fsp3) is 0.385. The summed E-state index contributed by atoms with van der Waals surface area (Å²) in [5.41, 5.74) is 2.28. The van der Waals surface area contributed by atoms with Crippen molar-refractivity contribution in [1.29, 1.82) is 0 Å². The Bertz CT molecular complexity index is 479. The predicted octanol–water partition coefficient (Wildman–Crippen LogP) is 2.18. The van der Waals surface area contributed by atoms with Crippen LogP contribution in [0.3, 0.4) is 0 Å². The zero-order valence-electron chi connectivity index (χ0n) is 10.6. The van der Waals surface area contributed by atoms with Crippen molar-refractivity contribution in [1.82, 2.24) is 10.1 Å². The van der Waals surface area contributed by atoms with Crippen LogP contribution >= 0.6 is 0 Å². The van der Waals surface area contributed by atoms with Gasteiger partial charge in [-0.2, -0.15) is 4.98 Å². The van der Waals surface area contributed by atoms with Crippen molar-refractivity contribution in [3.8, 4) is 0 Å². The standard InChI is InChI=1S/C13H17N3O2/c1-10-3-5-11(6-4-10)14-9-13-15-12(16-18-13)7-8-17-2/h3-6,14H,7-9H2,1-2H3. The Hall–Kier alpha value is -1.88. The first-order valence-corrected chi connectivity index (χ1v) is 5.89. The van der Waals surface area contributed by atoms with Gasteiger partial charge in [-0.1, -0.05) is 22.9 Å². The van der Waals surface area contributed by atoms with Crippen molar-refractivity contribution in [2.75, 3.05) is 19.0 Å². The molecule has 1 N–H and O–H groups in total. The number of anilines is 1. The van der Waals surface area contributed by atoms with Gasteiger partial charge >= 0.3 is 0 Å². The van der Waals surface area contributed by atoms with Gasteiger partial charge in [-0.15, -0.1) is 0 Å². The lowest BCUT2D eigenvalue weighted by molar-refractivity contribution is 0.199. The van der Waals surface area contributed by atoms with Crippen LogP contribution in [0.25, 0.3) is 0 Å². The second kappa shape index (κ2) is 6.16. The summed E-state index contributed by atoms with van der Waals surface area (Å²) in [6, 6.07) is 8.16. The Kier molecular flexibility index (Phi) is 4.30. The number of nitrogens with one attached hydrogen (secondary N) is 1. The van der Waals surface area contributed by atoms with Gasteiger partial charge in [0.15, 0.2) is 5.82 Å². The zero-order chi connectivity index (χ0) is 12.8. The van der Waals surface area contributed by atoms with E-state index < -0.39 is 0 Å². The van der Waals surface area contributed by atoms with E-state index >= 15 is 0 Å². The maximum absolute atomic E-state index is 5.13. The van der Waals surface area contributed by atoms with Crippen LogP contribution in [0.4, 0.5) is 5.69 Å². The number of benzene rings is 1. The Morgan fingerprint density at radius 1 is 1.28 bits per heavy atom. The first-order valence-electron chi connectivity index (χ1n) is 5.89. The monoisotopic (exact) mass is 247 g/mol. The number of hydrogen-bond donors (Lipinski definition) is 1. The number of aromatic nitrogens is 2. The van der Waals surface area contributed by atoms with Crippen molar-refractivity contribution in [2.45, 2.75) is 19.9 Å². The second-order valence-electron chi connectivity index (χ2n) is 4.07. The molecule has 0 bridgehead atoms. The summed E-state index contributed by atoms with van der Waals surface area (Å²) in [6.07, 6.45) is 0.671. The zero-order valence-corrected chi connectivity index (χ0v) is 10.6. The van der Waals surface area contributed by atoms with Gasteiger partial charge in [0, 0.05) is 19.2 Å². The highest BCUT2D eigenvalue weighted by molar-refractivity contribution is 5.44. The molecule has 0 amide bonds. The highest BCUT2D eigenvalue weighted by Gasteiger charge is 2.05. The molecular formula is C13H17N3O2. The van der Waals surface area contributed by atoms with Gasteiger partial charge < -0.3 is 14.6 Å². The van der Waals surface area contributed by atoms with E-state index in [0.29, 0.717) is 31.3 Å². The molecule has 0 aliphatic rings. The van der Waals surface area contributed by atoms with Crippen LogP contribution < -0.4 is 5.32 Å². The van der Waals surface area contributed by atoms with E-state index in [1.807, 2.05) is 12.1 Å². The smallest absolute Gasteiger partial charge is 0.245 e. The van der Waals surface area contributed by atoms with Crippen molar-refractivity contribution >= 4 is 5.69 Å². The topological polar surface area (TPSA) is 60.2 Å². The van der Waals surface area contributed by atoms with E-state index in [-0.39, 0.29) is 0 Å². The van der Waals surface area contributed by atoms with Gasteiger partial charge in [0.05, 0.1) is 13.2 Å². The minimum atomic E-state index is 0.531. The third-order valence-electron chi connectivity index (χ3n) is 2.54. The second-order valence-corrected chi connectivity index (χ2v) is 4.07. The molecule has 96 valence electrons. The average Bonchev–Trinajstić information content (AvgIpc) is 2.84. The van der Waals surface area contributed by atoms with Crippen molar-refractivity contribution in [3.63, 3.8) is 0 Å². The van der Waals surface area contributed by atoms with Crippen molar-refractivity contribution < 1.29 is 9.26 Å². The summed E-state index contributed by atoms with van der Waals surface area (Å²) in [5.74, 6) is 1.26. The maximum atomic E-state index is 5.13. The van der Waals surface area contributed by atoms with Crippen LogP contribution in [0.1, 0.15) is 17.3 Å². The third-order valence-corrected chi connectivity index (χ3v) is 2.54. The van der Waals surface area contributed by atoms with Gasteiger partial charge in [-0.05, 0) is 19.1 Å². The quantitative estimate of drug-likeness (QED) is 0.847. The molecule has 0 fully saturated rings. The molecule has 1 aromatic heterocycles. The first kappa shape index (κ1) is 12.6. The summed E-state index contributed by atoms with van der Waals surface area (Å²) in [4.78, 5) is 4.26. The number of nitrogens with zero attached hydrogens (tertiary/aromatic N) is 2. The van der Waals surface area contributed by atoms with Crippen LogP contribution in [0.15, 0.2) is 28.8 Å². The van der Waals surface area contributed by atoms with E-state index in [9.17, 15) is 0 Å². The lowest BCUT2D eigenvalue weighted by Crippen LogP contribution is -2.00. The van der Waals surface area contributed by atoms with Gasteiger partial charge in [0.25, 0.3) is 0 Å². The molecular weight excluding hydrogens is 230 g/mol. The van der Waals surface area contributed by atoms with Gasteiger partial charge in [0.1, 0.15) is 0 Å². The van der Waals surface area contributed by atoms with Crippen LogP contribution in [0.5, 0.6) is 0 Å². The largest absolute Gasteiger partial charge is 0.384 e. The SMILES string of the molecule is COCCc1noc(CNc2ccc(C)cc2)n1. The fourth-order valence-electron chi connectivity index (χ4n) is 1.51. The Morgan fingerprint density at radius 3 is 2.78 bits per heavy atom. The maximum Gasteiger partial charge on any atom is 0.245 e. The summed E-state index contributed by atoms with van der Waals surface area (Å²) in [5, 5.41) is 7.10. The van der Waals surface area contributed by atoms with E-state index in [1.165, 1.54) is 5.56 Å². The molecule has 0 unspecified atom stereocenters. The molecule has 5 nitrogen and oxygen atoms in total. The van der Waals surface area contributed by atoms with Crippen LogP contribution in [-0.4, -0.2) is 23.9 Å². The summed E-state index contributed by atoms with van der Waals surface area (Å²) >= 11 is 0.